The highest BCUT2D eigenvalue weighted by molar-refractivity contribution is 6.01. The van der Waals surface area contributed by atoms with Crippen LogP contribution in [0.3, 0.4) is 0 Å². The summed E-state index contributed by atoms with van der Waals surface area (Å²) in [6.45, 7) is 3.71. The normalized spacial score (nSPS) is 10.2. The van der Waals surface area contributed by atoms with Crippen molar-refractivity contribution in [2.24, 2.45) is 0 Å². The van der Waals surface area contributed by atoms with Gasteiger partial charge in [-0.15, -0.1) is 0 Å². The van der Waals surface area contributed by atoms with E-state index in [1.807, 2.05) is 0 Å². The van der Waals surface area contributed by atoms with Crippen LogP contribution in [-0.4, -0.2) is 34.4 Å². The standard InChI is InChI=1S/C14H21N3O4/c1-9-13(14(20)21)11(8-16-9)17-12(19)6-4-3-5-7-15-10(2)18/h8,16H,3-7H2,1-2H3,(H,15,18)(H,17,19)(H,20,21). The van der Waals surface area contributed by atoms with Gasteiger partial charge in [0.15, 0.2) is 0 Å². The lowest BCUT2D eigenvalue weighted by molar-refractivity contribution is -0.119. The number of aryl methyl sites for hydroxylation is 1. The topological polar surface area (TPSA) is 111 Å². The Bertz CT molecular complexity index is 522. The molecule has 0 radical (unpaired) electrons. The van der Waals surface area contributed by atoms with E-state index in [0.29, 0.717) is 30.8 Å². The molecule has 1 heterocycles. The van der Waals surface area contributed by atoms with Crippen LogP contribution in [0.4, 0.5) is 5.69 Å². The lowest BCUT2D eigenvalue weighted by Crippen LogP contribution is -2.20. The highest BCUT2D eigenvalue weighted by Crippen LogP contribution is 2.19. The minimum absolute atomic E-state index is 0.0585. The molecule has 7 heteroatoms. The van der Waals surface area contributed by atoms with Gasteiger partial charge in [0, 0.05) is 31.8 Å². The summed E-state index contributed by atoms with van der Waals surface area (Å²) in [7, 11) is 0. The second-order valence-corrected chi connectivity index (χ2v) is 4.85. The zero-order valence-electron chi connectivity index (χ0n) is 12.3. The average Bonchev–Trinajstić information content (AvgIpc) is 2.74. The molecule has 4 N–H and O–H groups in total. The molecule has 0 fully saturated rings. The zero-order chi connectivity index (χ0) is 15.8. The number of carbonyl (C=O) groups is 3. The molecule has 0 aliphatic heterocycles. The number of carboxylic acid groups (broad SMARTS) is 1. The van der Waals surface area contributed by atoms with Crippen LogP contribution >= 0.6 is 0 Å². The molecule has 0 aromatic carbocycles. The molecular formula is C14H21N3O4. The van der Waals surface area contributed by atoms with Crippen molar-refractivity contribution in [3.63, 3.8) is 0 Å². The lowest BCUT2D eigenvalue weighted by atomic mass is 10.1. The molecule has 2 amide bonds. The van der Waals surface area contributed by atoms with Crippen LogP contribution in [0.5, 0.6) is 0 Å². The maximum atomic E-state index is 11.7. The summed E-state index contributed by atoms with van der Waals surface area (Å²) < 4.78 is 0. The molecule has 0 saturated carbocycles. The van der Waals surface area contributed by atoms with E-state index >= 15 is 0 Å². The summed E-state index contributed by atoms with van der Waals surface area (Å²) in [4.78, 5) is 36.2. The van der Waals surface area contributed by atoms with Crippen LogP contribution in [-0.2, 0) is 9.59 Å². The van der Waals surface area contributed by atoms with Crippen molar-refractivity contribution in [2.45, 2.75) is 39.5 Å². The van der Waals surface area contributed by atoms with Crippen LogP contribution in [0, 0.1) is 6.92 Å². The molecule has 0 atom stereocenters. The number of H-pyrrole nitrogens is 1. The van der Waals surface area contributed by atoms with Gasteiger partial charge in [-0.05, 0) is 19.8 Å². The van der Waals surface area contributed by atoms with Gasteiger partial charge in [-0.25, -0.2) is 4.79 Å². The number of amides is 2. The van der Waals surface area contributed by atoms with E-state index in [1.165, 1.54) is 13.1 Å². The first-order chi connectivity index (χ1) is 9.91. The molecular weight excluding hydrogens is 274 g/mol. The third-order valence-corrected chi connectivity index (χ3v) is 3.02. The van der Waals surface area contributed by atoms with Gasteiger partial charge in [0.1, 0.15) is 5.56 Å². The molecule has 116 valence electrons. The van der Waals surface area contributed by atoms with Gasteiger partial charge in [0.05, 0.1) is 5.69 Å². The summed E-state index contributed by atoms with van der Waals surface area (Å²) in [5.74, 6) is -1.34. The Morgan fingerprint density at radius 3 is 2.57 bits per heavy atom. The molecule has 0 bridgehead atoms. The molecule has 0 spiro atoms. The smallest absolute Gasteiger partial charge is 0.339 e. The Morgan fingerprint density at radius 1 is 1.24 bits per heavy atom. The highest BCUT2D eigenvalue weighted by atomic mass is 16.4. The van der Waals surface area contributed by atoms with E-state index in [0.717, 1.165) is 12.8 Å². The predicted molar refractivity (Wildman–Crippen MR) is 78.3 cm³/mol. The van der Waals surface area contributed by atoms with E-state index in [2.05, 4.69) is 15.6 Å². The fraction of sp³-hybridized carbons (Fsp3) is 0.500. The maximum Gasteiger partial charge on any atom is 0.339 e. The van der Waals surface area contributed by atoms with E-state index < -0.39 is 5.97 Å². The molecule has 0 unspecified atom stereocenters. The number of anilines is 1. The number of carboxylic acids is 1. The van der Waals surface area contributed by atoms with Crippen molar-refractivity contribution in [3.8, 4) is 0 Å². The molecule has 0 aliphatic carbocycles. The largest absolute Gasteiger partial charge is 0.478 e. The van der Waals surface area contributed by atoms with Crippen molar-refractivity contribution >= 4 is 23.5 Å². The van der Waals surface area contributed by atoms with E-state index in [-0.39, 0.29) is 17.4 Å². The summed E-state index contributed by atoms with van der Waals surface area (Å²) in [6, 6.07) is 0. The van der Waals surface area contributed by atoms with Crippen LogP contribution in [0.1, 0.15) is 48.7 Å². The molecule has 1 aromatic heterocycles. The number of nitrogens with one attached hydrogen (secondary N) is 3. The fourth-order valence-corrected chi connectivity index (χ4v) is 1.97. The van der Waals surface area contributed by atoms with Crippen molar-refractivity contribution < 1.29 is 19.5 Å². The number of aromatic amines is 1. The number of aromatic carboxylic acids is 1. The Kier molecular flexibility index (Phi) is 6.45. The number of carbonyl (C=O) groups excluding carboxylic acids is 2. The number of aromatic nitrogens is 1. The Morgan fingerprint density at radius 2 is 1.95 bits per heavy atom. The van der Waals surface area contributed by atoms with Crippen molar-refractivity contribution in [2.75, 3.05) is 11.9 Å². The lowest BCUT2D eigenvalue weighted by Gasteiger charge is -2.05. The summed E-state index contributed by atoms with van der Waals surface area (Å²) in [5, 5.41) is 14.3. The predicted octanol–water partition coefficient (Wildman–Crippen LogP) is 1.66. The molecule has 0 saturated heterocycles. The van der Waals surface area contributed by atoms with Gasteiger partial charge in [-0.1, -0.05) is 6.42 Å². The Hall–Kier alpha value is -2.31. The van der Waals surface area contributed by atoms with Crippen molar-refractivity contribution in [1.82, 2.24) is 10.3 Å². The van der Waals surface area contributed by atoms with Crippen LogP contribution in [0.2, 0.25) is 0 Å². The van der Waals surface area contributed by atoms with Crippen LogP contribution < -0.4 is 10.6 Å². The second kappa shape index (κ2) is 8.08. The summed E-state index contributed by atoms with van der Waals surface area (Å²) in [6.07, 6.45) is 4.14. The summed E-state index contributed by atoms with van der Waals surface area (Å²) >= 11 is 0. The first-order valence-electron chi connectivity index (χ1n) is 6.87. The Labute approximate surface area is 123 Å². The quantitative estimate of drug-likeness (QED) is 0.546. The maximum absolute atomic E-state index is 11.7. The van der Waals surface area contributed by atoms with Gasteiger partial charge in [-0.2, -0.15) is 0 Å². The SMILES string of the molecule is CC(=O)NCCCCCC(=O)Nc1c[nH]c(C)c1C(=O)O. The van der Waals surface area contributed by atoms with E-state index in [9.17, 15) is 14.4 Å². The first-order valence-corrected chi connectivity index (χ1v) is 6.87. The number of hydrogen-bond donors (Lipinski definition) is 4. The van der Waals surface area contributed by atoms with Crippen molar-refractivity contribution in [3.05, 3.63) is 17.5 Å². The monoisotopic (exact) mass is 295 g/mol. The molecule has 7 nitrogen and oxygen atoms in total. The minimum atomic E-state index is -1.07. The third-order valence-electron chi connectivity index (χ3n) is 3.02. The third kappa shape index (κ3) is 5.68. The molecule has 1 rings (SSSR count). The number of hydrogen-bond acceptors (Lipinski definition) is 3. The molecule has 21 heavy (non-hydrogen) atoms. The van der Waals surface area contributed by atoms with Gasteiger partial charge in [0.25, 0.3) is 0 Å². The number of unbranched alkanes of at least 4 members (excludes halogenated alkanes) is 2. The minimum Gasteiger partial charge on any atom is -0.478 e. The van der Waals surface area contributed by atoms with Gasteiger partial charge in [-0.3, -0.25) is 9.59 Å². The van der Waals surface area contributed by atoms with Gasteiger partial charge >= 0.3 is 5.97 Å². The zero-order valence-corrected chi connectivity index (χ0v) is 12.3. The van der Waals surface area contributed by atoms with Gasteiger partial charge in [0.2, 0.25) is 11.8 Å². The van der Waals surface area contributed by atoms with Gasteiger partial charge < -0.3 is 20.7 Å². The van der Waals surface area contributed by atoms with E-state index in [4.69, 9.17) is 5.11 Å². The molecule has 0 aliphatic rings. The average molecular weight is 295 g/mol. The molecule has 1 aromatic rings. The first kappa shape index (κ1) is 16.7. The second-order valence-electron chi connectivity index (χ2n) is 4.85. The van der Waals surface area contributed by atoms with E-state index in [1.54, 1.807) is 6.92 Å². The van der Waals surface area contributed by atoms with Crippen LogP contribution in [0.15, 0.2) is 6.20 Å². The highest BCUT2D eigenvalue weighted by Gasteiger charge is 2.16. The van der Waals surface area contributed by atoms with Crippen LogP contribution in [0.25, 0.3) is 0 Å². The fourth-order valence-electron chi connectivity index (χ4n) is 1.97. The Balaban J connectivity index is 2.31. The summed E-state index contributed by atoms with van der Waals surface area (Å²) in [5.41, 5.74) is 0.894. The number of rotatable bonds is 8. The van der Waals surface area contributed by atoms with Crippen molar-refractivity contribution in [1.29, 1.82) is 0 Å².